The molecule has 1 aromatic heterocycles. The van der Waals surface area contributed by atoms with Crippen molar-refractivity contribution in [2.45, 2.75) is 26.8 Å². The Balaban J connectivity index is 3.12. The maximum absolute atomic E-state index is 11.8. The molecule has 7 heteroatoms. The van der Waals surface area contributed by atoms with E-state index in [1.54, 1.807) is 6.92 Å². The van der Waals surface area contributed by atoms with E-state index in [1.165, 1.54) is 36.9 Å². The van der Waals surface area contributed by atoms with E-state index in [0.29, 0.717) is 17.6 Å². The van der Waals surface area contributed by atoms with Crippen LogP contribution in [0.3, 0.4) is 0 Å². The second-order valence-electron chi connectivity index (χ2n) is 4.16. The van der Waals surface area contributed by atoms with Crippen LogP contribution >= 0.6 is 0 Å². The summed E-state index contributed by atoms with van der Waals surface area (Å²) in [6.45, 7) is 3.37. The van der Waals surface area contributed by atoms with Gasteiger partial charge in [0.25, 0.3) is 11.2 Å². The van der Waals surface area contributed by atoms with Crippen molar-refractivity contribution in [1.29, 1.82) is 0 Å². The van der Waals surface area contributed by atoms with Crippen LogP contribution in [0.5, 0.6) is 0 Å². The highest BCUT2D eigenvalue weighted by Crippen LogP contribution is 2.14. The van der Waals surface area contributed by atoms with Crippen molar-refractivity contribution < 1.29 is 14.5 Å². The Morgan fingerprint density at radius 2 is 2.20 bits per heavy atom. The Morgan fingerprint density at radius 1 is 1.55 bits per heavy atom. The van der Waals surface area contributed by atoms with Gasteiger partial charge in [0.05, 0.1) is 18.2 Å². The first-order chi connectivity index (χ1) is 9.40. The zero-order valence-corrected chi connectivity index (χ0v) is 11.6. The van der Waals surface area contributed by atoms with Gasteiger partial charge in [-0.2, -0.15) is 0 Å². The number of esters is 1. The van der Waals surface area contributed by atoms with E-state index < -0.39 is 10.9 Å². The van der Waals surface area contributed by atoms with Crippen molar-refractivity contribution >= 4 is 11.7 Å². The molecule has 0 amide bonds. The van der Waals surface area contributed by atoms with Crippen molar-refractivity contribution in [2.75, 3.05) is 7.11 Å². The van der Waals surface area contributed by atoms with Gasteiger partial charge in [0, 0.05) is 23.7 Å². The Kier molecular flexibility index (Phi) is 5.19. The molecule has 1 heterocycles. The number of carbonyl (C=O) groups excluding carboxylic acids is 1. The molecule has 20 heavy (non-hydrogen) atoms. The van der Waals surface area contributed by atoms with E-state index >= 15 is 0 Å². The van der Waals surface area contributed by atoms with Crippen molar-refractivity contribution in [3.63, 3.8) is 0 Å². The third kappa shape index (κ3) is 3.53. The Labute approximate surface area is 115 Å². The molecule has 1 aromatic rings. The number of hydrogen-bond acceptors (Lipinski definition) is 5. The van der Waals surface area contributed by atoms with Gasteiger partial charge in [-0.25, -0.2) is 4.79 Å². The van der Waals surface area contributed by atoms with Crippen molar-refractivity contribution in [1.82, 2.24) is 4.57 Å². The number of ether oxygens (including phenoxy) is 1. The van der Waals surface area contributed by atoms with Crippen molar-refractivity contribution in [2.24, 2.45) is 0 Å². The number of nitro groups is 1. The molecule has 1 rings (SSSR count). The minimum atomic E-state index is -0.546. The fourth-order valence-electron chi connectivity index (χ4n) is 1.70. The molecule has 0 saturated heterocycles. The molecule has 0 aliphatic heterocycles. The summed E-state index contributed by atoms with van der Waals surface area (Å²) in [5.74, 6) is -0.470. The van der Waals surface area contributed by atoms with Gasteiger partial charge in [0.15, 0.2) is 0 Å². The third-order valence-electron chi connectivity index (χ3n) is 2.86. The lowest BCUT2D eigenvalue weighted by Crippen LogP contribution is -2.20. The molecule has 0 N–H and O–H groups in total. The third-order valence-corrected chi connectivity index (χ3v) is 2.86. The largest absolute Gasteiger partial charge is 0.466 e. The topological polar surface area (TPSA) is 91.4 Å². The number of methoxy groups -OCH3 is 1. The second kappa shape index (κ2) is 6.65. The second-order valence-corrected chi connectivity index (χ2v) is 4.16. The Bertz CT molecular complexity index is 616. The molecule has 0 aromatic carbocycles. The first-order valence-corrected chi connectivity index (χ1v) is 6.03. The summed E-state index contributed by atoms with van der Waals surface area (Å²) in [7, 11) is 1.27. The standard InChI is InChI=1S/C13H16N2O5/c1-4-10(13(17)20-3)5-6-14-8-11(15(18)19)9(2)7-12(14)16/h5,7-8H,4,6H2,1-3H3. The molecule has 0 atom stereocenters. The summed E-state index contributed by atoms with van der Waals surface area (Å²) in [6.07, 6.45) is 3.17. The number of rotatable bonds is 5. The Hall–Kier alpha value is -2.44. The number of aromatic nitrogens is 1. The summed E-state index contributed by atoms with van der Waals surface area (Å²) in [6, 6.07) is 1.20. The van der Waals surface area contributed by atoms with Gasteiger partial charge in [0.1, 0.15) is 0 Å². The minimum absolute atomic E-state index is 0.0816. The van der Waals surface area contributed by atoms with Gasteiger partial charge >= 0.3 is 5.97 Å². The van der Waals surface area contributed by atoms with Crippen molar-refractivity contribution in [3.8, 4) is 0 Å². The summed E-state index contributed by atoms with van der Waals surface area (Å²) < 4.78 is 5.78. The van der Waals surface area contributed by atoms with E-state index in [-0.39, 0.29) is 17.8 Å². The number of hydrogen-bond donors (Lipinski definition) is 0. The van der Waals surface area contributed by atoms with Crippen LogP contribution < -0.4 is 5.56 Å². The predicted octanol–water partition coefficient (Wildman–Crippen LogP) is 1.57. The number of pyridine rings is 1. The Morgan fingerprint density at radius 3 is 2.70 bits per heavy atom. The lowest BCUT2D eigenvalue weighted by molar-refractivity contribution is -0.385. The maximum Gasteiger partial charge on any atom is 0.333 e. The first kappa shape index (κ1) is 15.6. The van der Waals surface area contributed by atoms with Crippen LogP contribution in [0, 0.1) is 17.0 Å². The highest BCUT2D eigenvalue weighted by Gasteiger charge is 2.13. The minimum Gasteiger partial charge on any atom is -0.466 e. The van der Waals surface area contributed by atoms with Crippen LogP contribution in [0.1, 0.15) is 18.9 Å². The molecule has 0 saturated carbocycles. The van der Waals surface area contributed by atoms with E-state index in [9.17, 15) is 19.7 Å². The van der Waals surface area contributed by atoms with Crippen LogP contribution in [0.25, 0.3) is 0 Å². The highest BCUT2D eigenvalue weighted by molar-refractivity contribution is 5.88. The van der Waals surface area contributed by atoms with E-state index in [4.69, 9.17) is 0 Å². The molecule has 0 fully saturated rings. The van der Waals surface area contributed by atoms with E-state index in [0.717, 1.165) is 0 Å². The van der Waals surface area contributed by atoms with Gasteiger partial charge in [0.2, 0.25) is 0 Å². The van der Waals surface area contributed by atoms with Crippen LogP contribution in [-0.2, 0) is 16.1 Å². The molecule has 0 spiro atoms. The number of carbonyl (C=O) groups is 1. The zero-order valence-electron chi connectivity index (χ0n) is 11.6. The molecular weight excluding hydrogens is 264 g/mol. The number of nitrogens with zero attached hydrogens (tertiary/aromatic N) is 2. The van der Waals surface area contributed by atoms with E-state index in [2.05, 4.69) is 4.74 Å². The lowest BCUT2D eigenvalue weighted by Gasteiger charge is -2.06. The number of allylic oxidation sites excluding steroid dienone is 1. The summed E-state index contributed by atoms with van der Waals surface area (Å²) in [5, 5.41) is 10.8. The number of aryl methyl sites for hydroxylation is 1. The first-order valence-electron chi connectivity index (χ1n) is 6.03. The SMILES string of the molecule is CCC(=CCn1cc([N+](=O)[O-])c(C)cc1=O)C(=O)OC. The van der Waals surface area contributed by atoms with E-state index in [1.807, 2.05) is 0 Å². The fraction of sp³-hybridized carbons (Fsp3) is 0.385. The molecule has 0 unspecified atom stereocenters. The quantitative estimate of drug-likeness (QED) is 0.353. The molecule has 0 radical (unpaired) electrons. The molecule has 7 nitrogen and oxygen atoms in total. The van der Waals surface area contributed by atoms with Crippen LogP contribution in [0.15, 0.2) is 28.7 Å². The van der Waals surface area contributed by atoms with Gasteiger partial charge in [-0.1, -0.05) is 13.0 Å². The smallest absolute Gasteiger partial charge is 0.333 e. The fourth-order valence-corrected chi connectivity index (χ4v) is 1.70. The van der Waals surface area contributed by atoms with Crippen LogP contribution in [-0.4, -0.2) is 22.6 Å². The molecule has 0 bridgehead atoms. The maximum atomic E-state index is 11.8. The lowest BCUT2D eigenvalue weighted by atomic mass is 10.2. The molecule has 0 aliphatic rings. The van der Waals surface area contributed by atoms with Gasteiger partial charge in [-0.3, -0.25) is 14.9 Å². The van der Waals surface area contributed by atoms with Crippen LogP contribution in [0.2, 0.25) is 0 Å². The molecule has 108 valence electrons. The average molecular weight is 280 g/mol. The van der Waals surface area contributed by atoms with Crippen LogP contribution in [0.4, 0.5) is 5.69 Å². The van der Waals surface area contributed by atoms with Gasteiger partial charge in [-0.05, 0) is 13.3 Å². The monoisotopic (exact) mass is 280 g/mol. The average Bonchev–Trinajstić information content (AvgIpc) is 2.40. The highest BCUT2D eigenvalue weighted by atomic mass is 16.6. The predicted molar refractivity (Wildman–Crippen MR) is 72.5 cm³/mol. The van der Waals surface area contributed by atoms with Gasteiger partial charge < -0.3 is 9.30 Å². The molecule has 0 aliphatic carbocycles. The van der Waals surface area contributed by atoms with Crippen molar-refractivity contribution in [3.05, 3.63) is 49.9 Å². The summed E-state index contributed by atoms with van der Waals surface area (Å²) in [5.41, 5.74) is 0.241. The summed E-state index contributed by atoms with van der Waals surface area (Å²) in [4.78, 5) is 33.4. The zero-order chi connectivity index (χ0) is 15.3. The van der Waals surface area contributed by atoms with Gasteiger partial charge in [-0.15, -0.1) is 0 Å². The normalized spacial score (nSPS) is 11.2. The molecular formula is C13H16N2O5. The summed E-state index contributed by atoms with van der Waals surface area (Å²) >= 11 is 0.